The van der Waals surface area contributed by atoms with Gasteiger partial charge in [0, 0.05) is 11.4 Å². The van der Waals surface area contributed by atoms with Gasteiger partial charge in [0.05, 0.1) is 18.2 Å². The Labute approximate surface area is 188 Å². The van der Waals surface area contributed by atoms with Gasteiger partial charge in [-0.25, -0.2) is 4.39 Å². The molecule has 164 valence electrons. The summed E-state index contributed by atoms with van der Waals surface area (Å²) in [4.78, 5) is 2.37. The van der Waals surface area contributed by atoms with Crippen LogP contribution in [0.25, 0.3) is 10.8 Å². The van der Waals surface area contributed by atoms with Gasteiger partial charge in [0.2, 0.25) is 0 Å². The van der Waals surface area contributed by atoms with E-state index in [0.717, 1.165) is 48.7 Å². The molecule has 0 bridgehead atoms. The molecule has 0 spiro atoms. The molecule has 0 saturated carbocycles. The number of benzene rings is 3. The molecule has 1 aliphatic rings. The third-order valence-corrected chi connectivity index (χ3v) is 7.01. The van der Waals surface area contributed by atoms with Crippen molar-refractivity contribution in [2.24, 2.45) is 5.92 Å². The summed E-state index contributed by atoms with van der Waals surface area (Å²) in [6.45, 7) is 4.01. The maximum atomic E-state index is 13.1. The molecule has 0 aromatic heterocycles. The highest BCUT2D eigenvalue weighted by molar-refractivity contribution is 6.37. The summed E-state index contributed by atoms with van der Waals surface area (Å²) in [5, 5.41) is 13.6. The lowest BCUT2D eigenvalue weighted by Crippen LogP contribution is -2.43. The van der Waals surface area contributed by atoms with Crippen LogP contribution < -0.4 is 4.74 Å². The van der Waals surface area contributed by atoms with E-state index >= 15 is 0 Å². The number of halogens is 2. The smallest absolute Gasteiger partial charge is 0.138 e. The van der Waals surface area contributed by atoms with Crippen LogP contribution in [-0.2, 0) is 6.42 Å². The zero-order valence-corrected chi connectivity index (χ0v) is 18.8. The van der Waals surface area contributed by atoms with E-state index in [1.54, 1.807) is 7.11 Å². The molecule has 3 nitrogen and oxygen atoms in total. The highest BCUT2D eigenvalue weighted by atomic mass is 35.5. The summed E-state index contributed by atoms with van der Waals surface area (Å²) in [6.07, 6.45) is 2.59. The standard InChI is InChI=1S/C26H29ClFNO2/c1-17(29-13-11-19(12-14-29)15-18-3-7-22(28)8-4-18)26(30)21-5-9-23-20(16-21)6-10-24(31-2)25(23)27/h3-10,16-17,19,26,30H,11-15H2,1-2H3. The van der Waals surface area contributed by atoms with Gasteiger partial charge in [-0.3, -0.25) is 4.90 Å². The van der Waals surface area contributed by atoms with Gasteiger partial charge in [-0.05, 0) is 86.0 Å². The summed E-state index contributed by atoms with van der Waals surface area (Å²) in [6, 6.07) is 16.6. The molecule has 1 fully saturated rings. The number of rotatable bonds is 6. The van der Waals surface area contributed by atoms with Gasteiger partial charge in [0.1, 0.15) is 11.6 Å². The minimum atomic E-state index is -0.570. The Morgan fingerprint density at radius 2 is 1.81 bits per heavy atom. The number of piperidine rings is 1. The first kappa shape index (κ1) is 22.1. The summed E-state index contributed by atoms with van der Waals surface area (Å²) in [7, 11) is 1.61. The summed E-state index contributed by atoms with van der Waals surface area (Å²) in [5.74, 6) is 1.07. The Kier molecular flexibility index (Phi) is 6.80. The molecule has 1 aliphatic heterocycles. The zero-order chi connectivity index (χ0) is 22.0. The lowest BCUT2D eigenvalue weighted by molar-refractivity contribution is 0.0374. The number of aliphatic hydroxyl groups excluding tert-OH is 1. The van der Waals surface area contributed by atoms with Gasteiger partial charge < -0.3 is 9.84 Å². The molecule has 1 saturated heterocycles. The Balaban J connectivity index is 1.39. The van der Waals surface area contributed by atoms with Gasteiger partial charge in [-0.2, -0.15) is 0 Å². The summed E-state index contributed by atoms with van der Waals surface area (Å²) < 4.78 is 18.4. The first-order valence-electron chi connectivity index (χ1n) is 10.9. The van der Waals surface area contributed by atoms with Crippen LogP contribution in [0.3, 0.4) is 0 Å². The minimum Gasteiger partial charge on any atom is -0.495 e. The first-order chi connectivity index (χ1) is 15.0. The first-order valence-corrected chi connectivity index (χ1v) is 11.3. The monoisotopic (exact) mass is 441 g/mol. The maximum absolute atomic E-state index is 13.1. The van der Waals surface area contributed by atoms with Crippen molar-refractivity contribution in [1.82, 2.24) is 4.90 Å². The number of ether oxygens (including phenoxy) is 1. The number of fused-ring (bicyclic) bond motifs is 1. The van der Waals surface area contributed by atoms with E-state index in [9.17, 15) is 9.50 Å². The van der Waals surface area contributed by atoms with E-state index in [1.807, 2.05) is 42.5 Å². The fourth-order valence-electron chi connectivity index (χ4n) is 4.63. The SMILES string of the molecule is COc1ccc2cc(C(O)C(C)N3CCC(Cc4ccc(F)cc4)CC3)ccc2c1Cl. The summed E-state index contributed by atoms with van der Waals surface area (Å²) >= 11 is 6.42. The number of hydrogen-bond donors (Lipinski definition) is 1. The van der Waals surface area contributed by atoms with Crippen LogP contribution in [0.2, 0.25) is 5.02 Å². The molecule has 2 atom stereocenters. The van der Waals surface area contributed by atoms with E-state index in [2.05, 4.69) is 11.8 Å². The Hall–Kier alpha value is -2.14. The molecule has 3 aromatic rings. The van der Waals surface area contributed by atoms with Crippen molar-refractivity contribution in [1.29, 1.82) is 0 Å². The molecule has 31 heavy (non-hydrogen) atoms. The van der Waals surface area contributed by atoms with Crippen molar-refractivity contribution in [3.63, 3.8) is 0 Å². The topological polar surface area (TPSA) is 32.7 Å². The minimum absolute atomic E-state index is 0.0259. The van der Waals surface area contributed by atoms with E-state index < -0.39 is 6.10 Å². The normalized spacial score (nSPS) is 17.6. The van der Waals surface area contributed by atoms with Gasteiger partial charge in [0.15, 0.2) is 0 Å². The van der Waals surface area contributed by atoms with Crippen LogP contribution in [0.1, 0.15) is 37.0 Å². The highest BCUT2D eigenvalue weighted by Gasteiger charge is 2.28. The largest absolute Gasteiger partial charge is 0.495 e. The average molecular weight is 442 g/mol. The molecule has 0 amide bonds. The van der Waals surface area contributed by atoms with Crippen molar-refractivity contribution in [3.8, 4) is 5.75 Å². The Bertz CT molecular complexity index is 1030. The maximum Gasteiger partial charge on any atom is 0.138 e. The highest BCUT2D eigenvalue weighted by Crippen LogP contribution is 2.35. The molecule has 0 radical (unpaired) electrons. The van der Waals surface area contributed by atoms with Gasteiger partial charge >= 0.3 is 0 Å². The van der Waals surface area contributed by atoms with Crippen molar-refractivity contribution in [2.75, 3.05) is 20.2 Å². The fraction of sp³-hybridized carbons (Fsp3) is 0.385. The second kappa shape index (κ2) is 9.56. The predicted molar refractivity (Wildman–Crippen MR) is 124 cm³/mol. The zero-order valence-electron chi connectivity index (χ0n) is 18.0. The Morgan fingerprint density at radius 3 is 2.48 bits per heavy atom. The lowest BCUT2D eigenvalue weighted by atomic mass is 9.88. The molecule has 2 unspecified atom stereocenters. The number of nitrogens with zero attached hydrogens (tertiary/aromatic N) is 1. The van der Waals surface area contributed by atoms with E-state index in [0.29, 0.717) is 16.7 Å². The molecule has 1 heterocycles. The van der Waals surface area contributed by atoms with E-state index in [4.69, 9.17) is 16.3 Å². The number of aliphatic hydroxyl groups is 1. The van der Waals surface area contributed by atoms with Crippen LogP contribution in [0, 0.1) is 11.7 Å². The predicted octanol–water partition coefficient (Wildman–Crippen LogP) is 6.02. The van der Waals surface area contributed by atoms with Crippen LogP contribution in [-0.4, -0.2) is 36.2 Å². The van der Waals surface area contributed by atoms with Crippen LogP contribution >= 0.6 is 11.6 Å². The second-order valence-electron chi connectivity index (χ2n) is 8.56. The third kappa shape index (κ3) is 4.87. The number of methoxy groups -OCH3 is 1. The number of likely N-dealkylation sites (tertiary alicyclic amines) is 1. The van der Waals surface area contributed by atoms with Crippen molar-refractivity contribution >= 4 is 22.4 Å². The van der Waals surface area contributed by atoms with Crippen molar-refractivity contribution in [3.05, 3.63) is 76.6 Å². The summed E-state index contributed by atoms with van der Waals surface area (Å²) in [5.41, 5.74) is 2.09. The van der Waals surface area contributed by atoms with Crippen LogP contribution in [0.5, 0.6) is 5.75 Å². The molecule has 5 heteroatoms. The quantitative estimate of drug-likeness (QED) is 0.507. The molecule has 0 aliphatic carbocycles. The molecular formula is C26H29ClFNO2. The molecule has 4 rings (SSSR count). The second-order valence-corrected chi connectivity index (χ2v) is 8.94. The van der Waals surface area contributed by atoms with Crippen LogP contribution in [0.4, 0.5) is 4.39 Å². The van der Waals surface area contributed by atoms with Gasteiger partial charge in [0.25, 0.3) is 0 Å². The third-order valence-electron chi connectivity index (χ3n) is 6.62. The van der Waals surface area contributed by atoms with Gasteiger partial charge in [-0.15, -0.1) is 0 Å². The van der Waals surface area contributed by atoms with Crippen LogP contribution in [0.15, 0.2) is 54.6 Å². The van der Waals surface area contributed by atoms with E-state index in [-0.39, 0.29) is 11.9 Å². The molecular weight excluding hydrogens is 413 g/mol. The van der Waals surface area contributed by atoms with Crippen molar-refractivity contribution in [2.45, 2.75) is 38.3 Å². The molecule has 3 aromatic carbocycles. The average Bonchev–Trinajstić information content (AvgIpc) is 2.80. The van der Waals surface area contributed by atoms with E-state index in [1.165, 1.54) is 17.7 Å². The Morgan fingerprint density at radius 1 is 1.10 bits per heavy atom. The lowest BCUT2D eigenvalue weighted by Gasteiger charge is -2.38. The molecule has 1 N–H and O–H groups in total. The number of hydrogen-bond acceptors (Lipinski definition) is 3. The van der Waals surface area contributed by atoms with Crippen molar-refractivity contribution < 1.29 is 14.2 Å². The van der Waals surface area contributed by atoms with Gasteiger partial charge in [-0.1, -0.05) is 41.9 Å². The fourth-order valence-corrected chi connectivity index (χ4v) is 4.94.